The van der Waals surface area contributed by atoms with Gasteiger partial charge in [-0.25, -0.2) is 0 Å². The Hall–Kier alpha value is -0.920. The smallest absolute Gasteiger partial charge is 0.161 e. The van der Waals surface area contributed by atoms with Gasteiger partial charge in [0, 0.05) is 18.3 Å². The van der Waals surface area contributed by atoms with E-state index < -0.39 is 0 Å². The summed E-state index contributed by atoms with van der Waals surface area (Å²) in [6.07, 6.45) is 8.64. The zero-order chi connectivity index (χ0) is 17.2. The lowest BCUT2D eigenvalue weighted by Gasteiger charge is -2.34. The minimum Gasteiger partial charge on any atom is -0.300 e. The highest BCUT2D eigenvalue weighted by Gasteiger charge is 2.51. The van der Waals surface area contributed by atoms with E-state index in [4.69, 9.17) is 0 Å². The Bertz CT molecular complexity index is 488. The average molecular weight is 319 g/mol. The Morgan fingerprint density at radius 3 is 2.61 bits per heavy atom. The van der Waals surface area contributed by atoms with Gasteiger partial charge in [0.25, 0.3) is 0 Å². The molecule has 1 fully saturated rings. The molecule has 0 N–H and O–H groups in total. The SMILES string of the molecule is CCC(CC(=O)CC(C)C)C1CCC2(C)C(=O)C=C(C)CCC12. The molecule has 0 aliphatic heterocycles. The van der Waals surface area contributed by atoms with Gasteiger partial charge in [0.1, 0.15) is 5.78 Å². The van der Waals surface area contributed by atoms with Gasteiger partial charge in [-0.3, -0.25) is 9.59 Å². The highest BCUT2D eigenvalue weighted by Crippen LogP contribution is 2.54. The molecule has 0 spiro atoms. The summed E-state index contributed by atoms with van der Waals surface area (Å²) in [6, 6.07) is 0. The normalized spacial score (nSPS) is 32.4. The molecule has 0 radical (unpaired) electrons. The minimum atomic E-state index is -0.184. The minimum absolute atomic E-state index is 0.184. The summed E-state index contributed by atoms with van der Waals surface area (Å²) in [5.41, 5.74) is 1.05. The van der Waals surface area contributed by atoms with Gasteiger partial charge in [-0.15, -0.1) is 0 Å². The number of rotatable bonds is 6. The fourth-order valence-electron chi connectivity index (χ4n) is 5.00. The first-order chi connectivity index (χ1) is 10.8. The van der Waals surface area contributed by atoms with Crippen LogP contribution >= 0.6 is 0 Å². The van der Waals surface area contributed by atoms with Crippen molar-refractivity contribution in [3.8, 4) is 0 Å². The third-order valence-electron chi connectivity index (χ3n) is 6.38. The van der Waals surface area contributed by atoms with Crippen LogP contribution in [0, 0.1) is 29.1 Å². The van der Waals surface area contributed by atoms with Crippen LogP contribution < -0.4 is 0 Å². The van der Waals surface area contributed by atoms with Crippen molar-refractivity contribution in [1.82, 2.24) is 0 Å². The van der Waals surface area contributed by atoms with Crippen molar-refractivity contribution < 1.29 is 9.59 Å². The molecular weight excluding hydrogens is 284 g/mol. The van der Waals surface area contributed by atoms with Gasteiger partial charge in [-0.2, -0.15) is 0 Å². The van der Waals surface area contributed by atoms with Gasteiger partial charge in [0.2, 0.25) is 0 Å². The maximum Gasteiger partial charge on any atom is 0.161 e. The zero-order valence-corrected chi connectivity index (χ0v) is 15.7. The van der Waals surface area contributed by atoms with Gasteiger partial charge < -0.3 is 0 Å². The number of ketones is 2. The van der Waals surface area contributed by atoms with E-state index in [2.05, 4.69) is 34.6 Å². The van der Waals surface area contributed by atoms with Crippen molar-refractivity contribution in [2.45, 2.75) is 79.6 Å². The van der Waals surface area contributed by atoms with Crippen LogP contribution in [0.15, 0.2) is 11.6 Å². The summed E-state index contributed by atoms with van der Waals surface area (Å²) in [4.78, 5) is 25.0. The van der Waals surface area contributed by atoms with Crippen molar-refractivity contribution >= 4 is 11.6 Å². The molecule has 2 rings (SSSR count). The van der Waals surface area contributed by atoms with Crippen LogP contribution in [0.4, 0.5) is 0 Å². The summed E-state index contributed by atoms with van der Waals surface area (Å²) >= 11 is 0. The molecule has 2 heteroatoms. The second-order valence-corrected chi connectivity index (χ2v) is 8.63. The van der Waals surface area contributed by atoms with E-state index in [0.29, 0.717) is 48.1 Å². The van der Waals surface area contributed by atoms with Crippen molar-refractivity contribution in [3.05, 3.63) is 11.6 Å². The molecule has 0 aromatic rings. The Morgan fingerprint density at radius 2 is 2.00 bits per heavy atom. The molecule has 0 aromatic heterocycles. The molecule has 2 aliphatic rings. The molecule has 0 bridgehead atoms. The standard InChI is InChI=1S/C21H34O2/c1-6-16(13-17(22)11-14(2)3)18-9-10-21(5)19(18)8-7-15(4)12-20(21)23/h12,14,16,18-19H,6-11,13H2,1-5H3. The second-order valence-electron chi connectivity index (χ2n) is 8.63. The van der Waals surface area contributed by atoms with Crippen LogP contribution in [0.5, 0.6) is 0 Å². The molecular formula is C21H34O2. The number of Topliss-reactive ketones (excluding diaryl/α,β-unsaturated/α-hetero) is 1. The molecule has 1 saturated carbocycles. The predicted molar refractivity (Wildman–Crippen MR) is 95.2 cm³/mol. The van der Waals surface area contributed by atoms with Crippen molar-refractivity contribution in [2.75, 3.05) is 0 Å². The highest BCUT2D eigenvalue weighted by molar-refractivity contribution is 5.96. The topological polar surface area (TPSA) is 34.1 Å². The fraction of sp³-hybridized carbons (Fsp3) is 0.810. The molecule has 23 heavy (non-hydrogen) atoms. The highest BCUT2D eigenvalue weighted by atomic mass is 16.1. The van der Waals surface area contributed by atoms with Crippen molar-refractivity contribution in [2.24, 2.45) is 29.1 Å². The van der Waals surface area contributed by atoms with Gasteiger partial charge in [-0.1, -0.05) is 39.7 Å². The van der Waals surface area contributed by atoms with Gasteiger partial charge in [0.05, 0.1) is 0 Å². The number of allylic oxidation sites excluding steroid dienone is 2. The quantitative estimate of drug-likeness (QED) is 0.660. The van der Waals surface area contributed by atoms with E-state index in [1.165, 1.54) is 5.57 Å². The molecule has 0 aromatic carbocycles. The van der Waals surface area contributed by atoms with E-state index in [1.807, 2.05) is 6.08 Å². The Labute approximate surface area is 142 Å². The lowest BCUT2D eigenvalue weighted by molar-refractivity contribution is -0.125. The number of hydrogen-bond donors (Lipinski definition) is 0. The fourth-order valence-corrected chi connectivity index (χ4v) is 5.00. The number of carbonyl (C=O) groups excluding carboxylic acids is 2. The number of carbonyl (C=O) groups is 2. The third-order valence-corrected chi connectivity index (χ3v) is 6.38. The van der Waals surface area contributed by atoms with Crippen molar-refractivity contribution in [3.63, 3.8) is 0 Å². The second kappa shape index (κ2) is 7.32. The molecule has 130 valence electrons. The van der Waals surface area contributed by atoms with Crippen LogP contribution in [0.25, 0.3) is 0 Å². The summed E-state index contributed by atoms with van der Waals surface area (Å²) in [5, 5.41) is 0. The molecule has 2 aliphatic carbocycles. The van der Waals surface area contributed by atoms with Crippen LogP contribution in [0.2, 0.25) is 0 Å². The van der Waals surface area contributed by atoms with Gasteiger partial charge in [-0.05, 0) is 62.4 Å². The molecule has 0 saturated heterocycles. The number of fused-ring (bicyclic) bond motifs is 1. The van der Waals surface area contributed by atoms with Crippen LogP contribution in [-0.2, 0) is 9.59 Å². The maximum absolute atomic E-state index is 12.7. The predicted octanol–water partition coefficient (Wildman–Crippen LogP) is 5.36. The Morgan fingerprint density at radius 1 is 1.30 bits per heavy atom. The van der Waals surface area contributed by atoms with Crippen LogP contribution in [-0.4, -0.2) is 11.6 Å². The van der Waals surface area contributed by atoms with E-state index >= 15 is 0 Å². The number of hydrogen-bond acceptors (Lipinski definition) is 2. The van der Waals surface area contributed by atoms with Crippen LogP contribution in [0.1, 0.15) is 79.6 Å². The maximum atomic E-state index is 12.7. The lowest BCUT2D eigenvalue weighted by atomic mass is 9.69. The van der Waals surface area contributed by atoms with Crippen molar-refractivity contribution in [1.29, 1.82) is 0 Å². The van der Waals surface area contributed by atoms with E-state index in [0.717, 1.165) is 32.1 Å². The third kappa shape index (κ3) is 3.95. The van der Waals surface area contributed by atoms with Gasteiger partial charge in [0.15, 0.2) is 5.78 Å². The van der Waals surface area contributed by atoms with E-state index in [9.17, 15) is 9.59 Å². The first kappa shape index (κ1) is 18.4. The first-order valence-corrected chi connectivity index (χ1v) is 9.51. The average Bonchev–Trinajstić information content (AvgIpc) is 2.75. The summed E-state index contributed by atoms with van der Waals surface area (Å²) in [5.74, 6) is 2.65. The monoisotopic (exact) mass is 318 g/mol. The summed E-state index contributed by atoms with van der Waals surface area (Å²) in [6.45, 7) is 10.7. The lowest BCUT2D eigenvalue weighted by Crippen LogP contribution is -2.34. The zero-order valence-electron chi connectivity index (χ0n) is 15.7. The molecule has 4 unspecified atom stereocenters. The molecule has 0 heterocycles. The van der Waals surface area contributed by atoms with E-state index in [1.54, 1.807) is 0 Å². The Balaban J connectivity index is 2.14. The summed E-state index contributed by atoms with van der Waals surface area (Å²) < 4.78 is 0. The van der Waals surface area contributed by atoms with Gasteiger partial charge >= 0.3 is 0 Å². The molecule has 4 atom stereocenters. The summed E-state index contributed by atoms with van der Waals surface area (Å²) in [7, 11) is 0. The largest absolute Gasteiger partial charge is 0.300 e. The first-order valence-electron chi connectivity index (χ1n) is 9.51. The van der Waals surface area contributed by atoms with Crippen LogP contribution in [0.3, 0.4) is 0 Å². The molecule has 2 nitrogen and oxygen atoms in total. The van der Waals surface area contributed by atoms with E-state index in [-0.39, 0.29) is 5.41 Å². The Kier molecular flexibility index (Phi) is 5.86. The molecule has 0 amide bonds.